The second kappa shape index (κ2) is 8.43. The van der Waals surface area contributed by atoms with Gasteiger partial charge in [-0.2, -0.15) is 4.98 Å². The fourth-order valence-electron chi connectivity index (χ4n) is 3.09. The first-order valence-electron chi connectivity index (χ1n) is 8.99. The van der Waals surface area contributed by atoms with Gasteiger partial charge in [-0.25, -0.2) is 4.98 Å². The molecule has 1 aliphatic heterocycles. The molecule has 0 radical (unpaired) electrons. The van der Waals surface area contributed by atoms with E-state index in [0.717, 1.165) is 18.1 Å². The minimum Gasteiger partial charge on any atom is -0.496 e. The van der Waals surface area contributed by atoms with Gasteiger partial charge in [0.15, 0.2) is 0 Å². The molecule has 0 atom stereocenters. The number of hydrogen-bond donors (Lipinski definition) is 1. The number of nitrogens with one attached hydrogen (secondary N) is 1. The van der Waals surface area contributed by atoms with Gasteiger partial charge in [-0.1, -0.05) is 11.6 Å². The molecular weight excluding hydrogens is 366 g/mol. The Labute approximate surface area is 164 Å². The van der Waals surface area contributed by atoms with Crippen LogP contribution in [-0.4, -0.2) is 60.6 Å². The Kier molecular flexibility index (Phi) is 6.01. The van der Waals surface area contributed by atoms with Crippen LogP contribution in [0.1, 0.15) is 23.0 Å². The largest absolute Gasteiger partial charge is 0.496 e. The fourth-order valence-corrected chi connectivity index (χ4v) is 3.27. The van der Waals surface area contributed by atoms with E-state index in [1.165, 1.54) is 0 Å². The maximum absolute atomic E-state index is 12.9. The van der Waals surface area contributed by atoms with Crippen molar-refractivity contribution in [2.45, 2.75) is 13.8 Å². The summed E-state index contributed by atoms with van der Waals surface area (Å²) in [6.45, 7) is 7.31. The van der Waals surface area contributed by atoms with Crippen LogP contribution in [0.5, 0.6) is 5.75 Å². The van der Waals surface area contributed by atoms with E-state index in [1.807, 2.05) is 24.8 Å². The molecule has 27 heavy (non-hydrogen) atoms. The summed E-state index contributed by atoms with van der Waals surface area (Å²) < 4.78 is 5.31. The van der Waals surface area contributed by atoms with Crippen molar-refractivity contribution in [2.75, 3.05) is 50.1 Å². The Morgan fingerprint density at radius 2 is 1.96 bits per heavy atom. The number of aromatic nitrogens is 2. The molecule has 1 saturated heterocycles. The SMILES string of the molecule is CCNc1cc(C)nc(N2CCN(C(=O)c3cc(Cl)ccc3OC)CC2)n1. The Morgan fingerprint density at radius 3 is 2.63 bits per heavy atom. The number of ether oxygens (including phenoxy) is 1. The third-order valence-corrected chi connectivity index (χ3v) is 4.68. The second-order valence-electron chi connectivity index (χ2n) is 6.35. The molecule has 7 nitrogen and oxygen atoms in total. The molecule has 3 rings (SSSR count). The number of amides is 1. The van der Waals surface area contributed by atoms with Gasteiger partial charge in [0, 0.05) is 49.5 Å². The van der Waals surface area contributed by atoms with E-state index in [4.69, 9.17) is 16.3 Å². The number of rotatable bonds is 5. The highest BCUT2D eigenvalue weighted by molar-refractivity contribution is 6.31. The molecule has 1 aromatic carbocycles. The van der Waals surface area contributed by atoms with Crippen LogP contribution in [0.3, 0.4) is 0 Å². The van der Waals surface area contributed by atoms with Crippen LogP contribution in [0.25, 0.3) is 0 Å². The number of benzene rings is 1. The van der Waals surface area contributed by atoms with Gasteiger partial charge in [-0.05, 0) is 32.0 Å². The lowest BCUT2D eigenvalue weighted by Gasteiger charge is -2.35. The van der Waals surface area contributed by atoms with Crippen molar-refractivity contribution >= 4 is 29.3 Å². The molecule has 2 aromatic rings. The van der Waals surface area contributed by atoms with Crippen LogP contribution < -0.4 is 15.0 Å². The highest BCUT2D eigenvalue weighted by Crippen LogP contribution is 2.25. The summed E-state index contributed by atoms with van der Waals surface area (Å²) >= 11 is 6.06. The van der Waals surface area contributed by atoms with E-state index in [0.29, 0.717) is 48.5 Å². The van der Waals surface area contributed by atoms with Crippen LogP contribution in [0.4, 0.5) is 11.8 Å². The summed E-state index contributed by atoms with van der Waals surface area (Å²) in [6, 6.07) is 7.01. The number of piperazine rings is 1. The van der Waals surface area contributed by atoms with Gasteiger partial charge in [0.2, 0.25) is 5.95 Å². The van der Waals surface area contributed by atoms with E-state index < -0.39 is 0 Å². The number of nitrogens with zero attached hydrogens (tertiary/aromatic N) is 4. The highest BCUT2D eigenvalue weighted by atomic mass is 35.5. The quantitative estimate of drug-likeness (QED) is 0.847. The summed E-state index contributed by atoms with van der Waals surface area (Å²) in [5, 5.41) is 3.74. The highest BCUT2D eigenvalue weighted by Gasteiger charge is 2.26. The molecule has 1 fully saturated rings. The molecular formula is C19H24ClN5O2. The van der Waals surface area contributed by atoms with Crippen LogP contribution in [0.2, 0.25) is 5.02 Å². The van der Waals surface area contributed by atoms with Crippen molar-refractivity contribution in [3.63, 3.8) is 0 Å². The molecule has 1 amide bonds. The molecule has 0 saturated carbocycles. The van der Waals surface area contributed by atoms with E-state index in [1.54, 1.807) is 25.3 Å². The number of hydrogen-bond acceptors (Lipinski definition) is 6. The molecule has 0 bridgehead atoms. The maximum atomic E-state index is 12.9. The molecule has 144 valence electrons. The topological polar surface area (TPSA) is 70.6 Å². The average Bonchev–Trinajstić information content (AvgIpc) is 2.67. The Balaban J connectivity index is 1.70. The van der Waals surface area contributed by atoms with Gasteiger partial charge < -0.3 is 19.9 Å². The molecule has 1 aromatic heterocycles. The standard InChI is InChI=1S/C19H24ClN5O2/c1-4-21-17-11-13(2)22-19(23-17)25-9-7-24(8-10-25)18(26)15-12-14(20)5-6-16(15)27-3/h5-6,11-12H,4,7-10H2,1-3H3,(H,21,22,23). The molecule has 8 heteroatoms. The Hall–Kier alpha value is -2.54. The van der Waals surface area contributed by atoms with E-state index >= 15 is 0 Å². The molecule has 1 N–H and O–H groups in total. The van der Waals surface area contributed by atoms with Gasteiger partial charge in [0.25, 0.3) is 5.91 Å². The first kappa shape index (κ1) is 19.2. The van der Waals surface area contributed by atoms with Crippen molar-refractivity contribution in [3.05, 3.63) is 40.5 Å². The minimum absolute atomic E-state index is 0.0764. The van der Waals surface area contributed by atoms with Crippen LogP contribution >= 0.6 is 11.6 Å². The van der Waals surface area contributed by atoms with Gasteiger partial charge >= 0.3 is 0 Å². The lowest BCUT2D eigenvalue weighted by atomic mass is 10.1. The normalized spacial score (nSPS) is 14.2. The lowest BCUT2D eigenvalue weighted by Crippen LogP contribution is -2.49. The zero-order valence-corrected chi connectivity index (χ0v) is 16.6. The predicted molar refractivity (Wildman–Crippen MR) is 107 cm³/mol. The fraction of sp³-hybridized carbons (Fsp3) is 0.421. The number of carbonyl (C=O) groups excluding carboxylic acids is 1. The van der Waals surface area contributed by atoms with Crippen LogP contribution in [-0.2, 0) is 0 Å². The summed E-state index contributed by atoms with van der Waals surface area (Å²) in [6.07, 6.45) is 0. The zero-order chi connectivity index (χ0) is 19.4. The molecule has 2 heterocycles. The third kappa shape index (κ3) is 4.42. The maximum Gasteiger partial charge on any atom is 0.257 e. The van der Waals surface area contributed by atoms with Gasteiger partial charge in [-0.3, -0.25) is 4.79 Å². The zero-order valence-electron chi connectivity index (χ0n) is 15.8. The molecule has 0 unspecified atom stereocenters. The van der Waals surface area contributed by atoms with E-state index in [-0.39, 0.29) is 5.91 Å². The van der Waals surface area contributed by atoms with Crippen molar-refractivity contribution in [1.29, 1.82) is 0 Å². The summed E-state index contributed by atoms with van der Waals surface area (Å²) in [5.41, 5.74) is 1.40. The van der Waals surface area contributed by atoms with Gasteiger partial charge in [-0.15, -0.1) is 0 Å². The monoisotopic (exact) mass is 389 g/mol. The van der Waals surface area contributed by atoms with Crippen LogP contribution in [0.15, 0.2) is 24.3 Å². The molecule has 0 spiro atoms. The summed E-state index contributed by atoms with van der Waals surface area (Å²) in [5.74, 6) is 1.97. The summed E-state index contributed by atoms with van der Waals surface area (Å²) in [7, 11) is 1.55. The van der Waals surface area contributed by atoms with Crippen molar-refractivity contribution < 1.29 is 9.53 Å². The Morgan fingerprint density at radius 1 is 1.22 bits per heavy atom. The third-order valence-electron chi connectivity index (χ3n) is 4.44. The average molecular weight is 390 g/mol. The van der Waals surface area contributed by atoms with Crippen LogP contribution in [0, 0.1) is 6.92 Å². The van der Waals surface area contributed by atoms with Gasteiger partial charge in [0.05, 0.1) is 12.7 Å². The molecule has 1 aliphatic rings. The van der Waals surface area contributed by atoms with Gasteiger partial charge in [0.1, 0.15) is 11.6 Å². The van der Waals surface area contributed by atoms with Crippen molar-refractivity contribution in [2.24, 2.45) is 0 Å². The number of carbonyl (C=O) groups is 1. The summed E-state index contributed by atoms with van der Waals surface area (Å²) in [4.78, 5) is 25.9. The van der Waals surface area contributed by atoms with E-state index in [9.17, 15) is 4.79 Å². The minimum atomic E-state index is -0.0764. The second-order valence-corrected chi connectivity index (χ2v) is 6.79. The smallest absolute Gasteiger partial charge is 0.257 e. The first-order chi connectivity index (χ1) is 13.0. The van der Waals surface area contributed by atoms with E-state index in [2.05, 4.69) is 20.2 Å². The Bertz CT molecular complexity index is 822. The predicted octanol–water partition coefficient (Wildman–Crippen LogP) is 2.84. The van der Waals surface area contributed by atoms with Crippen molar-refractivity contribution in [1.82, 2.24) is 14.9 Å². The molecule has 0 aliphatic carbocycles. The number of methoxy groups -OCH3 is 1. The number of anilines is 2. The number of aryl methyl sites for hydroxylation is 1. The van der Waals surface area contributed by atoms with Crippen molar-refractivity contribution in [3.8, 4) is 5.75 Å². The lowest BCUT2D eigenvalue weighted by molar-refractivity contribution is 0.0743. The number of halogens is 1. The first-order valence-corrected chi connectivity index (χ1v) is 9.37.